The highest BCUT2D eigenvalue weighted by atomic mass is 79.9. The van der Waals surface area contributed by atoms with Crippen molar-refractivity contribution >= 4 is 27.5 Å². The zero-order valence-electron chi connectivity index (χ0n) is 21.8. The molecule has 5 nitrogen and oxygen atoms in total. The molecule has 1 heterocycles. The molecule has 2 aromatic carbocycles. The Bertz CT molecular complexity index is 1100. The minimum Gasteiger partial charge on any atom is -0.390 e. The van der Waals surface area contributed by atoms with Crippen LogP contribution in [-0.4, -0.2) is 35.2 Å². The largest absolute Gasteiger partial charge is 0.390 e. The summed E-state index contributed by atoms with van der Waals surface area (Å²) in [4.78, 5) is 11.9. The van der Waals surface area contributed by atoms with Crippen molar-refractivity contribution in [3.8, 4) is 0 Å². The molecule has 0 unspecified atom stereocenters. The first kappa shape index (κ1) is 27.1. The topological polar surface area (TPSA) is 73.4 Å². The molecule has 2 aromatic rings. The molecule has 4 rings (SSSR count). The van der Waals surface area contributed by atoms with Gasteiger partial charge in [-0.2, -0.15) is 0 Å². The maximum Gasteiger partial charge on any atom is 0.217 e. The lowest BCUT2D eigenvalue weighted by Crippen LogP contribution is -2.53. The summed E-state index contributed by atoms with van der Waals surface area (Å²) in [5.74, 6) is -0.537. The summed E-state index contributed by atoms with van der Waals surface area (Å²) in [6.07, 6.45) is 5.13. The van der Waals surface area contributed by atoms with Gasteiger partial charge in [-0.25, -0.2) is 4.39 Å². The number of nitrogens with one attached hydrogen (secondary N) is 3. The third kappa shape index (κ3) is 6.67. The van der Waals surface area contributed by atoms with Gasteiger partial charge in [-0.3, -0.25) is 4.79 Å². The molecular formula is C29H39BrFN3O2. The lowest BCUT2D eigenvalue weighted by atomic mass is 9.69. The Morgan fingerprint density at radius 2 is 1.94 bits per heavy atom. The Hall–Kier alpha value is -1.96. The zero-order valence-corrected chi connectivity index (χ0v) is 23.3. The maximum absolute atomic E-state index is 13.7. The van der Waals surface area contributed by atoms with E-state index in [0.717, 1.165) is 31.2 Å². The predicted octanol–water partition coefficient (Wildman–Crippen LogP) is 5.65. The van der Waals surface area contributed by atoms with Gasteiger partial charge in [0.15, 0.2) is 0 Å². The smallest absolute Gasteiger partial charge is 0.217 e. The van der Waals surface area contributed by atoms with Crippen molar-refractivity contribution < 1.29 is 14.3 Å². The number of carbonyl (C=O) groups is 1. The molecule has 1 aliphatic carbocycles. The second-order valence-corrected chi connectivity index (χ2v) is 12.8. The number of carbonyl (C=O) groups excluding carboxylic acids is 1. The van der Waals surface area contributed by atoms with Crippen molar-refractivity contribution in [3.05, 3.63) is 63.4 Å². The van der Waals surface area contributed by atoms with Gasteiger partial charge in [-0.05, 0) is 94.8 Å². The molecule has 1 saturated carbocycles. The molecule has 0 aromatic heterocycles. The van der Waals surface area contributed by atoms with Crippen LogP contribution in [0.2, 0.25) is 0 Å². The highest BCUT2D eigenvalue weighted by Gasteiger charge is 2.43. The normalized spacial score (nSPS) is 20.1. The van der Waals surface area contributed by atoms with Crippen molar-refractivity contribution in [1.82, 2.24) is 10.6 Å². The van der Waals surface area contributed by atoms with Crippen LogP contribution in [0.3, 0.4) is 0 Å². The highest BCUT2D eigenvalue weighted by molar-refractivity contribution is 9.10. The molecule has 196 valence electrons. The van der Waals surface area contributed by atoms with Crippen LogP contribution in [0.4, 0.5) is 10.1 Å². The summed E-state index contributed by atoms with van der Waals surface area (Å²) in [6, 6.07) is 11.2. The van der Waals surface area contributed by atoms with Crippen LogP contribution in [-0.2, 0) is 17.6 Å². The van der Waals surface area contributed by atoms with Crippen LogP contribution in [0.1, 0.15) is 76.1 Å². The number of rotatable bonds is 8. The van der Waals surface area contributed by atoms with E-state index in [-0.39, 0.29) is 28.7 Å². The third-order valence-corrected chi connectivity index (χ3v) is 8.01. The van der Waals surface area contributed by atoms with Crippen LogP contribution in [0.5, 0.6) is 0 Å². The number of hydrogen-bond donors (Lipinski definition) is 4. The van der Waals surface area contributed by atoms with E-state index >= 15 is 0 Å². The Labute approximate surface area is 222 Å². The maximum atomic E-state index is 13.7. The van der Waals surface area contributed by atoms with E-state index in [0.29, 0.717) is 17.4 Å². The van der Waals surface area contributed by atoms with E-state index in [1.165, 1.54) is 36.2 Å². The minimum atomic E-state index is -0.800. The first-order valence-corrected chi connectivity index (χ1v) is 13.8. The van der Waals surface area contributed by atoms with Crippen molar-refractivity contribution in [2.75, 3.05) is 11.9 Å². The predicted molar refractivity (Wildman–Crippen MR) is 147 cm³/mol. The SMILES string of the molecule is CC(=O)N[C@@H](Cc1ccc(F)c(Br)c1)[C@H](O)CN[C@H]1CC2(CCC2)Nc2ccc(CC(C)(C)C)cc21. The van der Waals surface area contributed by atoms with Gasteiger partial charge in [0, 0.05) is 30.7 Å². The van der Waals surface area contributed by atoms with E-state index in [2.05, 4.69) is 70.9 Å². The lowest BCUT2D eigenvalue weighted by Gasteiger charge is -2.50. The number of benzene rings is 2. The van der Waals surface area contributed by atoms with Crippen LogP contribution >= 0.6 is 15.9 Å². The molecule has 0 radical (unpaired) electrons. The molecular weight excluding hydrogens is 521 g/mol. The second kappa shape index (κ2) is 10.8. The molecule has 1 spiro atoms. The van der Waals surface area contributed by atoms with E-state index in [4.69, 9.17) is 0 Å². The average molecular weight is 561 g/mol. The molecule has 36 heavy (non-hydrogen) atoms. The first-order chi connectivity index (χ1) is 16.9. The summed E-state index contributed by atoms with van der Waals surface area (Å²) < 4.78 is 14.1. The summed E-state index contributed by atoms with van der Waals surface area (Å²) >= 11 is 3.23. The molecule has 2 aliphatic rings. The summed E-state index contributed by atoms with van der Waals surface area (Å²) in [5.41, 5.74) is 4.91. The van der Waals surface area contributed by atoms with Crippen LogP contribution in [0, 0.1) is 11.2 Å². The molecule has 1 fully saturated rings. The molecule has 1 aliphatic heterocycles. The summed E-state index contributed by atoms with van der Waals surface area (Å²) in [7, 11) is 0. The van der Waals surface area contributed by atoms with Gasteiger partial charge in [-0.1, -0.05) is 39.0 Å². The number of halogens is 2. The molecule has 0 bridgehead atoms. The van der Waals surface area contributed by atoms with Gasteiger partial charge in [0.2, 0.25) is 5.91 Å². The summed E-state index contributed by atoms with van der Waals surface area (Å²) in [5, 5.41) is 21.5. The van der Waals surface area contributed by atoms with Crippen molar-refractivity contribution in [3.63, 3.8) is 0 Å². The van der Waals surface area contributed by atoms with E-state index in [1.807, 2.05) is 0 Å². The second-order valence-electron chi connectivity index (χ2n) is 11.9. The Balaban J connectivity index is 1.50. The lowest BCUT2D eigenvalue weighted by molar-refractivity contribution is -0.120. The third-order valence-electron chi connectivity index (χ3n) is 7.40. The van der Waals surface area contributed by atoms with Gasteiger partial charge >= 0.3 is 0 Å². The molecule has 4 N–H and O–H groups in total. The quantitative estimate of drug-likeness (QED) is 0.337. The van der Waals surface area contributed by atoms with Crippen LogP contribution in [0.25, 0.3) is 0 Å². The van der Waals surface area contributed by atoms with Gasteiger partial charge in [0.1, 0.15) is 5.82 Å². The van der Waals surface area contributed by atoms with Crippen LogP contribution < -0.4 is 16.0 Å². The number of fused-ring (bicyclic) bond motifs is 1. The Morgan fingerprint density at radius 1 is 1.22 bits per heavy atom. The number of anilines is 1. The monoisotopic (exact) mass is 559 g/mol. The van der Waals surface area contributed by atoms with Gasteiger partial charge in [-0.15, -0.1) is 0 Å². The first-order valence-electron chi connectivity index (χ1n) is 13.0. The Kier molecular flexibility index (Phi) is 8.13. The number of aliphatic hydroxyl groups is 1. The summed E-state index contributed by atoms with van der Waals surface area (Å²) in [6.45, 7) is 8.55. The molecule has 0 saturated heterocycles. The fourth-order valence-corrected chi connectivity index (χ4v) is 5.99. The van der Waals surface area contributed by atoms with Crippen LogP contribution in [0.15, 0.2) is 40.9 Å². The minimum absolute atomic E-state index is 0.120. The van der Waals surface area contributed by atoms with E-state index in [9.17, 15) is 14.3 Å². The fraction of sp³-hybridized carbons (Fsp3) is 0.552. The number of amides is 1. The standard InChI is InChI=1S/C29H39BrFN3O2/c1-18(35)33-25(14-19-6-8-23(31)22(30)13-19)27(36)17-32-26-16-29(10-5-11-29)34-24-9-7-20(12-21(24)26)15-28(2,3)4/h6-9,12-13,25-27,32,34,36H,5,10-11,14-17H2,1-4H3,(H,33,35)/t25-,26-,27+/m0/s1. The fourth-order valence-electron chi connectivity index (χ4n) is 5.56. The zero-order chi connectivity index (χ0) is 26.1. The van der Waals surface area contributed by atoms with Crippen molar-refractivity contribution in [2.45, 2.75) is 89.9 Å². The van der Waals surface area contributed by atoms with E-state index in [1.54, 1.807) is 12.1 Å². The molecule has 1 amide bonds. The van der Waals surface area contributed by atoms with E-state index < -0.39 is 12.1 Å². The van der Waals surface area contributed by atoms with Gasteiger partial charge in [0.25, 0.3) is 0 Å². The average Bonchev–Trinajstić information content (AvgIpc) is 2.76. The van der Waals surface area contributed by atoms with Crippen molar-refractivity contribution in [1.29, 1.82) is 0 Å². The van der Waals surface area contributed by atoms with Gasteiger partial charge < -0.3 is 21.1 Å². The number of aliphatic hydroxyl groups excluding tert-OH is 1. The molecule has 3 atom stereocenters. The Morgan fingerprint density at radius 3 is 2.56 bits per heavy atom. The highest BCUT2D eigenvalue weighted by Crippen LogP contribution is 2.47. The number of hydrogen-bond acceptors (Lipinski definition) is 4. The molecule has 7 heteroatoms. The van der Waals surface area contributed by atoms with Crippen molar-refractivity contribution in [2.24, 2.45) is 5.41 Å². The van der Waals surface area contributed by atoms with Gasteiger partial charge in [0.05, 0.1) is 16.6 Å².